The second kappa shape index (κ2) is 7.37. The van der Waals surface area contributed by atoms with E-state index in [1.54, 1.807) is 0 Å². The number of hydrogen-bond donors (Lipinski definition) is 0. The van der Waals surface area contributed by atoms with E-state index in [1.165, 1.54) is 0 Å². The van der Waals surface area contributed by atoms with Gasteiger partial charge in [0.1, 0.15) is 12.4 Å². The number of pyridine rings is 1. The fourth-order valence-corrected chi connectivity index (χ4v) is 2.09. The van der Waals surface area contributed by atoms with Crippen LogP contribution in [0.3, 0.4) is 0 Å². The molecule has 4 heteroatoms. The van der Waals surface area contributed by atoms with Gasteiger partial charge in [-0.25, -0.2) is 0 Å². The topological polar surface area (TPSA) is 22.1 Å². The Bertz CT molecular complexity index is 529. The summed E-state index contributed by atoms with van der Waals surface area (Å²) in [6, 6.07) is 10.1. The van der Waals surface area contributed by atoms with Crippen LogP contribution in [0.5, 0.6) is 5.75 Å². The van der Waals surface area contributed by atoms with Gasteiger partial charge < -0.3 is 4.74 Å². The summed E-state index contributed by atoms with van der Waals surface area (Å²) in [5.74, 6) is 1.30. The highest BCUT2D eigenvalue weighted by atomic mass is 35.5. The van der Waals surface area contributed by atoms with Crippen molar-refractivity contribution in [2.75, 3.05) is 0 Å². The van der Waals surface area contributed by atoms with Crippen molar-refractivity contribution >= 4 is 24.0 Å². The second-order valence-corrected chi connectivity index (χ2v) is 4.50. The molecule has 0 saturated heterocycles. The zero-order valence-corrected chi connectivity index (χ0v) is 12.6. The molecule has 0 aliphatic carbocycles. The van der Waals surface area contributed by atoms with Crippen molar-refractivity contribution in [3.05, 3.63) is 58.9 Å². The van der Waals surface area contributed by atoms with Crippen molar-refractivity contribution in [2.45, 2.75) is 26.3 Å². The van der Waals surface area contributed by atoms with Crippen LogP contribution in [0.1, 0.15) is 22.4 Å². The molecule has 0 N–H and O–H groups in total. The molecule has 0 radical (unpaired) electrons. The first-order chi connectivity index (χ1) is 8.72. The average molecular weight is 298 g/mol. The average Bonchev–Trinajstić information content (AvgIpc) is 2.40. The molecule has 0 saturated carbocycles. The lowest BCUT2D eigenvalue weighted by atomic mass is 10.1. The first-order valence-electron chi connectivity index (χ1n) is 5.90. The number of ether oxygens (including phenoxy) is 1. The van der Waals surface area contributed by atoms with Gasteiger partial charge in [-0.05, 0) is 30.5 Å². The van der Waals surface area contributed by atoms with Crippen LogP contribution < -0.4 is 4.74 Å². The molecule has 1 aromatic heterocycles. The Morgan fingerprint density at radius 1 is 1.16 bits per heavy atom. The van der Waals surface area contributed by atoms with E-state index in [2.05, 4.69) is 4.98 Å². The van der Waals surface area contributed by atoms with E-state index in [0.29, 0.717) is 12.5 Å². The Labute approximate surface area is 125 Å². The number of alkyl halides is 1. The Morgan fingerprint density at radius 2 is 1.84 bits per heavy atom. The maximum absolute atomic E-state index is 5.88. The van der Waals surface area contributed by atoms with Crippen LogP contribution in [0, 0.1) is 13.8 Å². The Balaban J connectivity index is 0.00000180. The van der Waals surface area contributed by atoms with Gasteiger partial charge in [-0.15, -0.1) is 24.0 Å². The van der Waals surface area contributed by atoms with Gasteiger partial charge in [0.2, 0.25) is 0 Å². The molecule has 1 heterocycles. The quantitative estimate of drug-likeness (QED) is 0.779. The fraction of sp³-hybridized carbons (Fsp3) is 0.267. The highest BCUT2D eigenvalue weighted by Crippen LogP contribution is 2.26. The minimum absolute atomic E-state index is 0. The molecule has 102 valence electrons. The van der Waals surface area contributed by atoms with Crippen LogP contribution in [-0.2, 0) is 12.5 Å². The van der Waals surface area contributed by atoms with E-state index in [1.807, 2.05) is 50.4 Å². The van der Waals surface area contributed by atoms with Crippen LogP contribution in [0.2, 0.25) is 0 Å². The lowest BCUT2D eigenvalue weighted by Crippen LogP contribution is -2.02. The minimum atomic E-state index is 0. The van der Waals surface area contributed by atoms with Gasteiger partial charge in [-0.2, -0.15) is 0 Å². The van der Waals surface area contributed by atoms with Crippen LogP contribution >= 0.6 is 24.0 Å². The van der Waals surface area contributed by atoms with Gasteiger partial charge >= 0.3 is 0 Å². The summed E-state index contributed by atoms with van der Waals surface area (Å²) in [5, 5.41) is 0. The zero-order valence-electron chi connectivity index (χ0n) is 11.0. The van der Waals surface area contributed by atoms with Gasteiger partial charge in [0.25, 0.3) is 0 Å². The first kappa shape index (κ1) is 15.8. The van der Waals surface area contributed by atoms with Gasteiger partial charge in [-0.3, -0.25) is 4.98 Å². The number of rotatable bonds is 4. The van der Waals surface area contributed by atoms with Crippen LogP contribution in [0.15, 0.2) is 36.5 Å². The monoisotopic (exact) mass is 297 g/mol. The van der Waals surface area contributed by atoms with E-state index in [4.69, 9.17) is 16.3 Å². The third kappa shape index (κ3) is 3.85. The molecule has 0 atom stereocenters. The van der Waals surface area contributed by atoms with Crippen LogP contribution in [0.4, 0.5) is 0 Å². The molecule has 2 nitrogen and oxygen atoms in total. The molecular weight excluding hydrogens is 281 g/mol. The number of nitrogens with zero attached hydrogens (tertiary/aromatic N) is 1. The highest BCUT2D eigenvalue weighted by molar-refractivity contribution is 6.17. The molecule has 2 aromatic rings. The molecule has 0 aliphatic heterocycles. The molecular formula is C15H17Cl2NO. The smallest absolute Gasteiger partial charge is 0.144 e. The van der Waals surface area contributed by atoms with Gasteiger partial charge in [0.05, 0.1) is 5.69 Å². The van der Waals surface area contributed by atoms with Crippen molar-refractivity contribution in [2.24, 2.45) is 0 Å². The molecule has 1 aromatic carbocycles. The Morgan fingerprint density at radius 3 is 2.47 bits per heavy atom. The lowest BCUT2D eigenvalue weighted by molar-refractivity contribution is 0.300. The third-order valence-corrected chi connectivity index (χ3v) is 3.22. The molecule has 0 fully saturated rings. The standard InChI is InChI=1S/C15H16ClNO.ClH/c1-11-14(8-16)9-17-12(2)15(11)18-10-13-6-4-3-5-7-13;/h3-7,9H,8,10H2,1-2H3;1H. The predicted molar refractivity (Wildman–Crippen MR) is 81.3 cm³/mol. The van der Waals surface area contributed by atoms with Gasteiger partial charge in [0.15, 0.2) is 0 Å². The highest BCUT2D eigenvalue weighted by Gasteiger charge is 2.09. The lowest BCUT2D eigenvalue weighted by Gasteiger charge is -2.13. The van der Waals surface area contributed by atoms with Crippen LogP contribution in [-0.4, -0.2) is 4.98 Å². The van der Waals surface area contributed by atoms with Crippen molar-refractivity contribution in [3.8, 4) is 5.75 Å². The molecule has 19 heavy (non-hydrogen) atoms. The summed E-state index contributed by atoms with van der Waals surface area (Å²) in [6.07, 6.45) is 1.81. The normalized spacial score (nSPS) is 9.84. The van der Waals surface area contributed by atoms with Crippen LogP contribution in [0.25, 0.3) is 0 Å². The Hall–Kier alpha value is -1.25. The van der Waals surface area contributed by atoms with Crippen molar-refractivity contribution in [3.63, 3.8) is 0 Å². The number of benzene rings is 1. The van der Waals surface area contributed by atoms with E-state index in [-0.39, 0.29) is 12.4 Å². The largest absolute Gasteiger partial charge is 0.487 e. The molecule has 0 bridgehead atoms. The van der Waals surface area contributed by atoms with E-state index in [0.717, 1.165) is 28.1 Å². The van der Waals surface area contributed by atoms with Gasteiger partial charge in [-0.1, -0.05) is 30.3 Å². The third-order valence-electron chi connectivity index (χ3n) is 2.93. The summed E-state index contributed by atoms with van der Waals surface area (Å²) in [4.78, 5) is 4.31. The molecule has 0 unspecified atom stereocenters. The summed E-state index contributed by atoms with van der Waals surface area (Å²) in [6.45, 7) is 4.52. The molecule has 0 aliphatic rings. The second-order valence-electron chi connectivity index (χ2n) is 4.23. The number of aryl methyl sites for hydroxylation is 1. The van der Waals surface area contributed by atoms with E-state index in [9.17, 15) is 0 Å². The zero-order chi connectivity index (χ0) is 13.0. The van der Waals surface area contributed by atoms with Crippen molar-refractivity contribution in [1.82, 2.24) is 4.98 Å². The van der Waals surface area contributed by atoms with E-state index < -0.39 is 0 Å². The predicted octanol–water partition coefficient (Wildman–Crippen LogP) is 4.44. The SMILES string of the molecule is Cc1ncc(CCl)c(C)c1OCc1ccccc1.Cl. The van der Waals surface area contributed by atoms with E-state index >= 15 is 0 Å². The summed E-state index contributed by atoms with van der Waals surface area (Å²) in [7, 11) is 0. The molecule has 0 amide bonds. The number of halogens is 2. The first-order valence-corrected chi connectivity index (χ1v) is 6.43. The fourth-order valence-electron chi connectivity index (χ4n) is 1.82. The maximum atomic E-state index is 5.88. The Kier molecular flexibility index (Phi) is 6.13. The number of hydrogen-bond acceptors (Lipinski definition) is 2. The summed E-state index contributed by atoms with van der Waals surface area (Å²) >= 11 is 5.88. The summed E-state index contributed by atoms with van der Waals surface area (Å²) < 4.78 is 5.87. The van der Waals surface area contributed by atoms with Crippen molar-refractivity contribution in [1.29, 1.82) is 0 Å². The van der Waals surface area contributed by atoms with Crippen molar-refractivity contribution < 1.29 is 4.74 Å². The van der Waals surface area contributed by atoms with Gasteiger partial charge in [0, 0.05) is 12.1 Å². The molecule has 2 rings (SSSR count). The summed E-state index contributed by atoms with van der Waals surface area (Å²) in [5.41, 5.74) is 4.14. The maximum Gasteiger partial charge on any atom is 0.144 e. The minimum Gasteiger partial charge on any atom is -0.487 e. The molecule has 0 spiro atoms. The number of aromatic nitrogens is 1.